The lowest BCUT2D eigenvalue weighted by Crippen LogP contribution is -1.93. The maximum Gasteiger partial charge on any atom is 0.144 e. The Hall–Kier alpha value is -1.53. The minimum Gasteiger partial charge on any atom is -0.398 e. The van der Waals surface area contributed by atoms with Gasteiger partial charge in [-0.3, -0.25) is 0 Å². The molecule has 3 nitrogen and oxygen atoms in total. The first kappa shape index (κ1) is 13.9. The van der Waals surface area contributed by atoms with Gasteiger partial charge < -0.3 is 5.73 Å². The molecule has 100 valence electrons. The molecule has 0 fully saturated rings. The van der Waals surface area contributed by atoms with Gasteiger partial charge in [0.15, 0.2) is 0 Å². The van der Waals surface area contributed by atoms with Crippen LogP contribution in [0.15, 0.2) is 52.3 Å². The zero-order valence-corrected chi connectivity index (χ0v) is 11.6. The van der Waals surface area contributed by atoms with E-state index in [1.165, 1.54) is 17.8 Å². The predicted molar refractivity (Wildman–Crippen MR) is 75.4 cm³/mol. The molecule has 19 heavy (non-hydrogen) atoms. The predicted octanol–water partition coefficient (Wildman–Crippen LogP) is 2.67. The first-order valence-corrected chi connectivity index (χ1v) is 7.67. The molecule has 0 aliphatic carbocycles. The highest BCUT2D eigenvalue weighted by Crippen LogP contribution is 2.33. The van der Waals surface area contributed by atoms with Crippen molar-refractivity contribution in [3.63, 3.8) is 0 Å². The summed E-state index contributed by atoms with van der Waals surface area (Å²) in [5, 5.41) is 0. The van der Waals surface area contributed by atoms with E-state index >= 15 is 0 Å². The number of nitrogen functional groups attached to an aromatic ring is 1. The largest absolute Gasteiger partial charge is 0.398 e. The average Bonchev–Trinajstić information content (AvgIpc) is 2.34. The maximum absolute atomic E-state index is 13.5. The van der Waals surface area contributed by atoms with Crippen LogP contribution in [0.3, 0.4) is 0 Å². The van der Waals surface area contributed by atoms with E-state index in [-0.39, 0.29) is 11.6 Å². The number of benzene rings is 2. The van der Waals surface area contributed by atoms with Crippen molar-refractivity contribution in [3.05, 3.63) is 53.8 Å². The van der Waals surface area contributed by atoms with Crippen molar-refractivity contribution < 1.29 is 12.8 Å². The minimum atomic E-state index is -2.47. The molecule has 6 heteroatoms. The summed E-state index contributed by atoms with van der Waals surface area (Å²) in [7, 11) is -2.47. The van der Waals surface area contributed by atoms with E-state index in [0.29, 0.717) is 21.0 Å². The lowest BCUT2D eigenvalue weighted by molar-refractivity contribution is 0.602. The summed E-state index contributed by atoms with van der Waals surface area (Å²) in [5.74, 6) is -0.344. The maximum atomic E-state index is 13.5. The smallest absolute Gasteiger partial charge is 0.144 e. The van der Waals surface area contributed by atoms with Crippen molar-refractivity contribution >= 4 is 28.2 Å². The number of anilines is 1. The molecule has 0 saturated carbocycles. The molecule has 0 aromatic heterocycles. The molecule has 2 aromatic rings. The zero-order chi connectivity index (χ0) is 13.8. The van der Waals surface area contributed by atoms with E-state index in [0.717, 1.165) is 0 Å². The van der Waals surface area contributed by atoms with Crippen LogP contribution in [0.2, 0.25) is 0 Å². The fourth-order valence-electron chi connectivity index (χ4n) is 1.58. The van der Waals surface area contributed by atoms with Crippen LogP contribution in [0.1, 0.15) is 5.56 Å². The Morgan fingerprint density at radius 3 is 2.47 bits per heavy atom. The summed E-state index contributed by atoms with van der Waals surface area (Å²) in [6.45, 7) is 0. The number of hydrogen-bond acceptors (Lipinski definition) is 4. The van der Waals surface area contributed by atoms with E-state index in [1.54, 1.807) is 36.4 Å². The molecule has 0 aliphatic heterocycles. The van der Waals surface area contributed by atoms with Crippen molar-refractivity contribution in [1.82, 2.24) is 0 Å². The summed E-state index contributed by atoms with van der Waals surface area (Å²) in [6, 6.07) is 11.4. The van der Waals surface area contributed by atoms with Crippen molar-refractivity contribution in [2.75, 3.05) is 5.73 Å². The highest BCUT2D eigenvalue weighted by atomic mass is 32.2. The molecule has 0 atom stereocenters. The van der Waals surface area contributed by atoms with Crippen LogP contribution in [0.5, 0.6) is 0 Å². The average molecular weight is 297 g/mol. The molecule has 0 unspecified atom stereocenters. The molecule has 0 saturated heterocycles. The SMILES string of the molecule is Nc1cc(C[SH](=O)=O)ccc1Sc1ccccc1F. The van der Waals surface area contributed by atoms with Crippen molar-refractivity contribution in [1.29, 1.82) is 0 Å². The van der Waals surface area contributed by atoms with Crippen molar-refractivity contribution in [2.24, 2.45) is 0 Å². The molecule has 0 amide bonds. The van der Waals surface area contributed by atoms with Gasteiger partial charge in [-0.15, -0.1) is 0 Å². The van der Waals surface area contributed by atoms with Gasteiger partial charge in [0.2, 0.25) is 0 Å². The second kappa shape index (κ2) is 6.08. The standard InChI is InChI=1S/C13H12FNO2S2/c14-10-3-1-2-4-12(10)18-13-6-5-9(7-11(13)15)8-19(16)17/h1-7,19H,8,15H2. The zero-order valence-electron chi connectivity index (χ0n) is 9.88. The molecule has 0 bridgehead atoms. The molecule has 2 N–H and O–H groups in total. The third-order valence-electron chi connectivity index (χ3n) is 2.44. The fraction of sp³-hybridized carbons (Fsp3) is 0.0769. The van der Waals surface area contributed by atoms with Gasteiger partial charge in [0.1, 0.15) is 16.5 Å². The number of thiol groups is 1. The first-order valence-electron chi connectivity index (χ1n) is 5.49. The van der Waals surface area contributed by atoms with Crippen molar-refractivity contribution in [2.45, 2.75) is 15.5 Å². The van der Waals surface area contributed by atoms with E-state index in [2.05, 4.69) is 0 Å². The Morgan fingerprint density at radius 2 is 1.84 bits per heavy atom. The molecule has 0 radical (unpaired) electrons. The van der Waals surface area contributed by atoms with E-state index in [9.17, 15) is 12.8 Å². The fourth-order valence-corrected chi connectivity index (χ4v) is 2.94. The molecule has 2 aromatic carbocycles. The molecule has 0 aliphatic rings. The molecule has 0 heterocycles. The molecular weight excluding hydrogens is 285 g/mol. The van der Waals surface area contributed by atoms with Gasteiger partial charge in [0, 0.05) is 15.5 Å². The number of nitrogens with two attached hydrogens (primary N) is 1. The van der Waals surface area contributed by atoms with Crippen LogP contribution < -0.4 is 5.73 Å². The van der Waals surface area contributed by atoms with E-state index < -0.39 is 10.7 Å². The monoisotopic (exact) mass is 297 g/mol. The summed E-state index contributed by atoms with van der Waals surface area (Å²) in [4.78, 5) is 1.19. The Morgan fingerprint density at radius 1 is 1.11 bits per heavy atom. The lowest BCUT2D eigenvalue weighted by Gasteiger charge is -2.07. The van der Waals surface area contributed by atoms with Gasteiger partial charge in [-0.1, -0.05) is 30.0 Å². The Bertz CT molecular complexity index is 663. The van der Waals surface area contributed by atoms with Gasteiger partial charge in [-0.25, -0.2) is 12.8 Å². The lowest BCUT2D eigenvalue weighted by atomic mass is 10.2. The van der Waals surface area contributed by atoms with Gasteiger partial charge in [-0.05, 0) is 29.8 Å². The van der Waals surface area contributed by atoms with Gasteiger partial charge >= 0.3 is 0 Å². The third kappa shape index (κ3) is 3.71. The van der Waals surface area contributed by atoms with E-state index in [4.69, 9.17) is 5.73 Å². The van der Waals surface area contributed by atoms with Crippen LogP contribution in [-0.4, -0.2) is 8.42 Å². The number of halogens is 1. The quantitative estimate of drug-likeness (QED) is 0.673. The first-order chi connectivity index (χ1) is 9.06. The number of rotatable bonds is 4. The van der Waals surface area contributed by atoms with Gasteiger partial charge in [-0.2, -0.15) is 0 Å². The van der Waals surface area contributed by atoms with E-state index in [1.807, 2.05) is 0 Å². The highest BCUT2D eigenvalue weighted by Gasteiger charge is 2.07. The molecule has 0 spiro atoms. The second-order valence-corrected chi connectivity index (χ2v) is 5.96. The van der Waals surface area contributed by atoms with Crippen molar-refractivity contribution in [3.8, 4) is 0 Å². The minimum absolute atomic E-state index is 0.0375. The van der Waals surface area contributed by atoms with Crippen LogP contribution in [0.25, 0.3) is 0 Å². The van der Waals surface area contributed by atoms with Gasteiger partial charge in [0.25, 0.3) is 0 Å². The Labute approximate surface area is 116 Å². The summed E-state index contributed by atoms with van der Waals surface area (Å²) in [5.41, 5.74) is 6.93. The topological polar surface area (TPSA) is 60.2 Å². The molecular formula is C13H12FNO2S2. The van der Waals surface area contributed by atoms with Crippen LogP contribution in [-0.2, 0) is 16.5 Å². The highest BCUT2D eigenvalue weighted by molar-refractivity contribution is 7.99. The third-order valence-corrected chi connectivity index (χ3v) is 4.21. The summed E-state index contributed by atoms with van der Waals surface area (Å²) in [6.07, 6.45) is 0. The van der Waals surface area contributed by atoms with Crippen LogP contribution in [0.4, 0.5) is 10.1 Å². The van der Waals surface area contributed by atoms with Gasteiger partial charge in [0.05, 0.1) is 5.75 Å². The number of hydrogen-bond donors (Lipinski definition) is 2. The Balaban J connectivity index is 2.25. The van der Waals surface area contributed by atoms with Crippen LogP contribution >= 0.6 is 11.8 Å². The molecule has 2 rings (SSSR count). The Kier molecular flexibility index (Phi) is 4.44. The van der Waals surface area contributed by atoms with Crippen LogP contribution in [0, 0.1) is 5.82 Å². The summed E-state index contributed by atoms with van der Waals surface area (Å²) >= 11 is 1.22. The normalized spacial score (nSPS) is 10.8. The second-order valence-electron chi connectivity index (χ2n) is 3.90. The summed E-state index contributed by atoms with van der Waals surface area (Å²) < 4.78 is 34.8.